The summed E-state index contributed by atoms with van der Waals surface area (Å²) in [7, 11) is 0. The third-order valence-corrected chi connectivity index (χ3v) is 1.30. The molecule has 1 aromatic rings. The third kappa shape index (κ3) is 2.82. The molecule has 1 amide bonds. The zero-order valence-electron chi connectivity index (χ0n) is 7.92. The lowest BCUT2D eigenvalue weighted by Gasteiger charge is -2.19. The van der Waals surface area contributed by atoms with Gasteiger partial charge in [0, 0.05) is 11.6 Å². The van der Waals surface area contributed by atoms with Gasteiger partial charge in [0.25, 0.3) is 5.91 Å². The maximum Gasteiger partial charge on any atom is 0.287 e. The molecule has 0 aliphatic carbocycles. The summed E-state index contributed by atoms with van der Waals surface area (Å²) >= 11 is 0. The van der Waals surface area contributed by atoms with E-state index in [1.165, 1.54) is 6.07 Å². The first kappa shape index (κ1) is 9.64. The number of carbonyl (C=O) groups excluding carboxylic acids is 1. The summed E-state index contributed by atoms with van der Waals surface area (Å²) < 4.78 is 4.81. The Morgan fingerprint density at radius 2 is 2.15 bits per heavy atom. The summed E-state index contributed by atoms with van der Waals surface area (Å²) in [6.07, 6.45) is 1.12. The minimum Gasteiger partial charge on any atom is -0.505 e. The van der Waals surface area contributed by atoms with Gasteiger partial charge in [-0.25, -0.2) is 0 Å². The normalized spacial score (nSPS) is 11.3. The van der Waals surface area contributed by atoms with E-state index in [-0.39, 0.29) is 23.0 Å². The summed E-state index contributed by atoms with van der Waals surface area (Å²) in [6.45, 7) is 5.61. The van der Waals surface area contributed by atoms with Gasteiger partial charge in [0.2, 0.25) is 0 Å². The molecule has 0 unspecified atom stereocenters. The molecule has 0 saturated carbocycles. The van der Waals surface area contributed by atoms with E-state index in [1.54, 1.807) is 0 Å². The van der Waals surface area contributed by atoms with Gasteiger partial charge in [-0.05, 0) is 20.8 Å². The molecule has 13 heavy (non-hydrogen) atoms. The van der Waals surface area contributed by atoms with Gasteiger partial charge in [0.05, 0.1) is 0 Å². The molecule has 0 spiro atoms. The molecule has 0 saturated heterocycles. The van der Waals surface area contributed by atoms with E-state index in [2.05, 4.69) is 5.32 Å². The van der Waals surface area contributed by atoms with Gasteiger partial charge in [-0.1, -0.05) is 0 Å². The van der Waals surface area contributed by atoms with E-state index < -0.39 is 0 Å². The third-order valence-electron chi connectivity index (χ3n) is 1.30. The van der Waals surface area contributed by atoms with Crippen molar-refractivity contribution in [1.82, 2.24) is 5.32 Å². The molecule has 0 bridgehead atoms. The Kier molecular flexibility index (Phi) is 2.32. The molecule has 1 aromatic heterocycles. The average Bonchev–Trinajstić information content (AvgIpc) is 2.31. The Hall–Kier alpha value is -1.45. The molecule has 0 fully saturated rings. The molecule has 4 nitrogen and oxygen atoms in total. The summed E-state index contributed by atoms with van der Waals surface area (Å²) in [4.78, 5) is 11.4. The van der Waals surface area contributed by atoms with Crippen molar-refractivity contribution in [2.75, 3.05) is 0 Å². The fourth-order valence-electron chi connectivity index (χ4n) is 0.847. The van der Waals surface area contributed by atoms with Crippen LogP contribution in [0.2, 0.25) is 0 Å². The predicted molar refractivity (Wildman–Crippen MR) is 47.6 cm³/mol. The second-order valence-electron chi connectivity index (χ2n) is 3.87. The Bertz CT molecular complexity index is 309. The van der Waals surface area contributed by atoms with Crippen molar-refractivity contribution in [3.8, 4) is 5.75 Å². The highest BCUT2D eigenvalue weighted by atomic mass is 16.4. The number of hydrogen-bond acceptors (Lipinski definition) is 3. The van der Waals surface area contributed by atoms with Gasteiger partial charge < -0.3 is 14.8 Å². The maximum atomic E-state index is 11.4. The largest absolute Gasteiger partial charge is 0.505 e. The smallest absolute Gasteiger partial charge is 0.287 e. The fraction of sp³-hybridized carbons (Fsp3) is 0.444. The van der Waals surface area contributed by atoms with E-state index in [0.29, 0.717) is 0 Å². The molecule has 0 aliphatic heterocycles. The van der Waals surface area contributed by atoms with Crippen molar-refractivity contribution < 1.29 is 14.3 Å². The van der Waals surface area contributed by atoms with Gasteiger partial charge in [0.1, 0.15) is 6.26 Å². The van der Waals surface area contributed by atoms with E-state index in [1.807, 2.05) is 20.8 Å². The first-order valence-electron chi connectivity index (χ1n) is 3.98. The van der Waals surface area contributed by atoms with Crippen LogP contribution >= 0.6 is 0 Å². The van der Waals surface area contributed by atoms with Crippen molar-refractivity contribution >= 4 is 5.91 Å². The minimum atomic E-state index is -0.326. The molecule has 0 aromatic carbocycles. The number of aromatic hydroxyl groups is 1. The topological polar surface area (TPSA) is 62.5 Å². The number of amides is 1. The number of carbonyl (C=O) groups is 1. The van der Waals surface area contributed by atoms with Crippen LogP contribution in [0.1, 0.15) is 31.3 Å². The summed E-state index contributed by atoms with van der Waals surface area (Å²) in [5, 5.41) is 11.6. The quantitative estimate of drug-likeness (QED) is 0.693. The predicted octanol–water partition coefficient (Wildman–Crippen LogP) is 1.51. The van der Waals surface area contributed by atoms with E-state index in [9.17, 15) is 4.79 Å². The maximum absolute atomic E-state index is 11.4. The monoisotopic (exact) mass is 183 g/mol. The Labute approximate surface area is 76.6 Å². The Balaban J connectivity index is 2.70. The lowest BCUT2D eigenvalue weighted by atomic mass is 10.1. The highest BCUT2D eigenvalue weighted by Gasteiger charge is 2.17. The number of hydrogen-bond donors (Lipinski definition) is 2. The number of rotatable bonds is 1. The van der Waals surface area contributed by atoms with Crippen molar-refractivity contribution in [2.24, 2.45) is 0 Å². The second-order valence-corrected chi connectivity index (χ2v) is 3.87. The van der Waals surface area contributed by atoms with Crippen LogP contribution in [0.4, 0.5) is 0 Å². The lowest BCUT2D eigenvalue weighted by molar-refractivity contribution is 0.0891. The highest BCUT2D eigenvalue weighted by molar-refractivity contribution is 5.92. The standard InChI is InChI=1S/C9H13NO3/c1-9(2,3)10-8(12)7-4-6(11)5-13-7/h4-5,11H,1-3H3,(H,10,12). The molecular formula is C9H13NO3. The van der Waals surface area contributed by atoms with Gasteiger partial charge in [-0.15, -0.1) is 0 Å². The summed E-state index contributed by atoms with van der Waals surface area (Å²) in [5.41, 5.74) is -0.306. The molecule has 4 heteroatoms. The van der Waals surface area contributed by atoms with Crippen molar-refractivity contribution in [3.05, 3.63) is 18.1 Å². The molecule has 0 radical (unpaired) electrons. The Morgan fingerprint density at radius 1 is 1.54 bits per heavy atom. The number of nitrogens with one attached hydrogen (secondary N) is 1. The highest BCUT2D eigenvalue weighted by Crippen LogP contribution is 2.14. The van der Waals surface area contributed by atoms with Gasteiger partial charge in [0.15, 0.2) is 11.5 Å². The lowest BCUT2D eigenvalue weighted by Crippen LogP contribution is -2.40. The van der Waals surface area contributed by atoms with E-state index in [0.717, 1.165) is 6.26 Å². The molecule has 1 rings (SSSR count). The first-order chi connectivity index (χ1) is 5.88. The average molecular weight is 183 g/mol. The van der Waals surface area contributed by atoms with Crippen LogP contribution in [0.15, 0.2) is 16.7 Å². The molecule has 2 N–H and O–H groups in total. The Morgan fingerprint density at radius 3 is 2.54 bits per heavy atom. The van der Waals surface area contributed by atoms with Crippen LogP contribution in [0.25, 0.3) is 0 Å². The van der Waals surface area contributed by atoms with Crippen molar-refractivity contribution in [3.63, 3.8) is 0 Å². The van der Waals surface area contributed by atoms with Crippen molar-refractivity contribution in [1.29, 1.82) is 0 Å². The molecule has 72 valence electrons. The van der Waals surface area contributed by atoms with Crippen LogP contribution in [0, 0.1) is 0 Å². The second kappa shape index (κ2) is 3.12. The SMILES string of the molecule is CC(C)(C)NC(=O)c1cc(O)co1. The van der Waals surface area contributed by atoms with Crippen LogP contribution in [0.3, 0.4) is 0 Å². The minimum absolute atomic E-state index is 0.0425. The van der Waals surface area contributed by atoms with E-state index >= 15 is 0 Å². The van der Waals surface area contributed by atoms with E-state index in [4.69, 9.17) is 9.52 Å². The molecule has 1 heterocycles. The summed E-state index contributed by atoms with van der Waals surface area (Å²) in [6, 6.07) is 1.28. The zero-order chi connectivity index (χ0) is 10.1. The van der Waals surface area contributed by atoms with Crippen LogP contribution in [0.5, 0.6) is 5.75 Å². The van der Waals surface area contributed by atoms with Crippen molar-refractivity contribution in [2.45, 2.75) is 26.3 Å². The fourth-order valence-corrected chi connectivity index (χ4v) is 0.847. The number of furan rings is 1. The van der Waals surface area contributed by atoms with Gasteiger partial charge in [-0.3, -0.25) is 4.79 Å². The molecule has 0 aliphatic rings. The zero-order valence-corrected chi connectivity index (χ0v) is 7.92. The summed E-state index contributed by atoms with van der Waals surface area (Å²) in [5.74, 6) is -0.251. The van der Waals surface area contributed by atoms with Crippen LogP contribution in [-0.4, -0.2) is 16.6 Å². The van der Waals surface area contributed by atoms with Gasteiger partial charge >= 0.3 is 0 Å². The van der Waals surface area contributed by atoms with Crippen LogP contribution < -0.4 is 5.32 Å². The van der Waals surface area contributed by atoms with Crippen LogP contribution in [-0.2, 0) is 0 Å². The molecular weight excluding hydrogens is 170 g/mol. The van der Waals surface area contributed by atoms with Gasteiger partial charge in [-0.2, -0.15) is 0 Å². The first-order valence-corrected chi connectivity index (χ1v) is 3.98. The molecule has 0 atom stereocenters.